The lowest BCUT2D eigenvalue weighted by atomic mass is 9.77. The lowest BCUT2D eigenvalue weighted by Gasteiger charge is -2.32. The third-order valence-corrected chi connectivity index (χ3v) is 7.15. The molecule has 1 aliphatic heterocycles. The van der Waals surface area contributed by atoms with E-state index in [9.17, 15) is 17.2 Å². The molecule has 0 amide bonds. The van der Waals surface area contributed by atoms with Crippen LogP contribution in [0, 0.1) is 0 Å². The maximum Gasteiger partial charge on any atom is 0.497 e. The summed E-state index contributed by atoms with van der Waals surface area (Å²) in [7, 11) is -4.17. The molecule has 5 nitrogen and oxygen atoms in total. The van der Waals surface area contributed by atoms with Gasteiger partial charge in [-0.2, -0.15) is 0 Å². The largest absolute Gasteiger partial charge is 0.497 e. The number of halogens is 2. The van der Waals surface area contributed by atoms with Crippen LogP contribution in [-0.4, -0.2) is 45.0 Å². The first kappa shape index (κ1) is 21.5. The quantitative estimate of drug-likeness (QED) is 0.764. The van der Waals surface area contributed by atoms with Gasteiger partial charge in [0.05, 0.1) is 16.1 Å². The number of alkyl halides is 2. The van der Waals surface area contributed by atoms with Crippen molar-refractivity contribution in [2.45, 2.75) is 81.4 Å². The molecule has 0 atom stereocenters. The summed E-state index contributed by atoms with van der Waals surface area (Å²) < 4.78 is 63.2. The molecule has 0 aromatic heterocycles. The van der Waals surface area contributed by atoms with Crippen molar-refractivity contribution in [1.82, 2.24) is 0 Å². The number of sulfone groups is 1. The highest BCUT2D eigenvalue weighted by molar-refractivity contribution is 7.90. The van der Waals surface area contributed by atoms with Crippen LogP contribution in [0.3, 0.4) is 0 Å². The zero-order valence-corrected chi connectivity index (χ0v) is 17.8. The predicted octanol–water partition coefficient (Wildman–Crippen LogP) is 3.38. The molecule has 0 bridgehead atoms. The summed E-state index contributed by atoms with van der Waals surface area (Å²) >= 11 is 0. The molecule has 1 heterocycles. The van der Waals surface area contributed by atoms with E-state index in [0.717, 1.165) is 6.26 Å². The van der Waals surface area contributed by atoms with Gasteiger partial charge in [0.25, 0.3) is 0 Å². The maximum atomic E-state index is 13.5. The smallest absolute Gasteiger partial charge is 0.399 e. The van der Waals surface area contributed by atoms with Gasteiger partial charge in [0, 0.05) is 36.3 Å². The Bertz CT molecular complexity index is 831. The van der Waals surface area contributed by atoms with Gasteiger partial charge in [-0.3, -0.25) is 0 Å². The Kier molecular flexibility index (Phi) is 5.34. The molecule has 1 N–H and O–H groups in total. The maximum absolute atomic E-state index is 13.5. The number of benzene rings is 1. The van der Waals surface area contributed by atoms with E-state index < -0.39 is 34.1 Å². The number of rotatable bonds is 4. The lowest BCUT2D eigenvalue weighted by molar-refractivity contribution is -0.0360. The molecule has 9 heteroatoms. The van der Waals surface area contributed by atoms with Crippen LogP contribution in [0.5, 0.6) is 0 Å². The Morgan fingerprint density at radius 1 is 1.07 bits per heavy atom. The normalized spacial score (nSPS) is 24.3. The molecule has 1 saturated carbocycles. The van der Waals surface area contributed by atoms with E-state index in [1.807, 2.05) is 27.7 Å². The van der Waals surface area contributed by atoms with E-state index >= 15 is 0 Å². The van der Waals surface area contributed by atoms with Crippen LogP contribution in [0.4, 0.5) is 14.5 Å². The zero-order valence-electron chi connectivity index (χ0n) is 17.0. The van der Waals surface area contributed by atoms with Crippen molar-refractivity contribution in [2.24, 2.45) is 0 Å². The first-order valence-corrected chi connectivity index (χ1v) is 11.4. The van der Waals surface area contributed by atoms with Gasteiger partial charge in [0.2, 0.25) is 5.92 Å². The second kappa shape index (κ2) is 6.95. The van der Waals surface area contributed by atoms with E-state index in [-0.39, 0.29) is 23.8 Å². The van der Waals surface area contributed by atoms with E-state index in [1.54, 1.807) is 12.1 Å². The van der Waals surface area contributed by atoms with E-state index in [1.165, 1.54) is 6.07 Å². The molecule has 156 valence electrons. The third-order valence-electron chi connectivity index (χ3n) is 6.04. The Hall–Kier alpha value is -1.19. The van der Waals surface area contributed by atoms with Crippen molar-refractivity contribution in [2.75, 3.05) is 11.6 Å². The van der Waals surface area contributed by atoms with Gasteiger partial charge in [-0.1, -0.05) is 0 Å². The van der Waals surface area contributed by atoms with Gasteiger partial charge in [-0.05, 0) is 58.7 Å². The van der Waals surface area contributed by atoms with E-state index in [0.29, 0.717) is 24.0 Å². The summed E-state index contributed by atoms with van der Waals surface area (Å²) in [5.74, 6) is -2.60. The van der Waals surface area contributed by atoms with Gasteiger partial charge >= 0.3 is 7.12 Å². The van der Waals surface area contributed by atoms with Crippen molar-refractivity contribution in [3.05, 3.63) is 18.2 Å². The highest BCUT2D eigenvalue weighted by Crippen LogP contribution is 2.38. The number of nitrogens with one attached hydrogen (secondary N) is 1. The number of hydrogen-bond donors (Lipinski definition) is 1. The molecule has 2 fully saturated rings. The fourth-order valence-electron chi connectivity index (χ4n) is 3.47. The van der Waals surface area contributed by atoms with Crippen LogP contribution in [0.15, 0.2) is 23.1 Å². The molecule has 1 aliphatic carbocycles. The Morgan fingerprint density at radius 3 is 2.11 bits per heavy atom. The third kappa shape index (κ3) is 4.36. The molecule has 1 saturated heterocycles. The van der Waals surface area contributed by atoms with Crippen molar-refractivity contribution in [3.63, 3.8) is 0 Å². The molecule has 0 radical (unpaired) electrons. The molecule has 0 unspecified atom stereocenters. The van der Waals surface area contributed by atoms with Crippen molar-refractivity contribution in [1.29, 1.82) is 0 Å². The van der Waals surface area contributed by atoms with Gasteiger partial charge in [-0.25, -0.2) is 17.2 Å². The van der Waals surface area contributed by atoms with Gasteiger partial charge in [0.15, 0.2) is 9.84 Å². The van der Waals surface area contributed by atoms with Crippen molar-refractivity contribution >= 4 is 28.1 Å². The first-order chi connectivity index (χ1) is 12.7. The monoisotopic (exact) mass is 415 g/mol. The second-order valence-corrected chi connectivity index (χ2v) is 10.9. The highest BCUT2D eigenvalue weighted by atomic mass is 32.2. The molecular weight excluding hydrogens is 387 g/mol. The van der Waals surface area contributed by atoms with Crippen LogP contribution in [0.25, 0.3) is 0 Å². The Labute approximate surface area is 166 Å². The van der Waals surface area contributed by atoms with Crippen molar-refractivity contribution in [3.8, 4) is 0 Å². The van der Waals surface area contributed by atoms with Crippen LogP contribution in [0.2, 0.25) is 0 Å². The minimum Gasteiger partial charge on any atom is -0.399 e. The van der Waals surface area contributed by atoms with Gasteiger partial charge in [-0.15, -0.1) is 0 Å². The van der Waals surface area contributed by atoms with Crippen LogP contribution < -0.4 is 10.8 Å². The van der Waals surface area contributed by atoms with Gasteiger partial charge in [0.1, 0.15) is 0 Å². The standard InChI is InChI=1S/C19H28BF2NO4S/c1-17(2)18(3,4)27-20(26-17)15-12-14(28(5,24)25)6-7-16(15)23-13-8-10-19(21,22)11-9-13/h6-7,12-13,23H,8-11H2,1-5H3. The van der Waals surface area contributed by atoms with Crippen LogP contribution >= 0.6 is 0 Å². The molecule has 3 rings (SSSR count). The minimum atomic E-state index is -3.42. The van der Waals surface area contributed by atoms with Crippen LogP contribution in [0.1, 0.15) is 53.4 Å². The lowest BCUT2D eigenvalue weighted by Crippen LogP contribution is -2.41. The Morgan fingerprint density at radius 2 is 1.61 bits per heavy atom. The topological polar surface area (TPSA) is 64.6 Å². The molecule has 28 heavy (non-hydrogen) atoms. The van der Waals surface area contributed by atoms with Crippen LogP contribution in [-0.2, 0) is 19.1 Å². The first-order valence-electron chi connectivity index (χ1n) is 9.54. The molecule has 0 spiro atoms. The summed E-state index contributed by atoms with van der Waals surface area (Å²) in [5, 5.41) is 3.31. The fraction of sp³-hybridized carbons (Fsp3) is 0.684. The minimum absolute atomic E-state index is 0.107. The average molecular weight is 415 g/mol. The summed E-state index contributed by atoms with van der Waals surface area (Å²) in [6.45, 7) is 7.68. The summed E-state index contributed by atoms with van der Waals surface area (Å²) in [4.78, 5) is 0.165. The van der Waals surface area contributed by atoms with Gasteiger partial charge < -0.3 is 14.6 Å². The molecule has 1 aromatic rings. The van der Waals surface area contributed by atoms with E-state index in [4.69, 9.17) is 9.31 Å². The number of hydrogen-bond acceptors (Lipinski definition) is 5. The fourth-order valence-corrected chi connectivity index (χ4v) is 4.13. The SMILES string of the molecule is CC1(C)OB(c2cc(S(C)(=O)=O)ccc2NC2CCC(F)(F)CC2)OC1(C)C. The average Bonchev–Trinajstić information content (AvgIpc) is 2.76. The summed E-state index contributed by atoms with van der Waals surface area (Å²) in [6, 6.07) is 4.63. The van der Waals surface area contributed by atoms with E-state index in [2.05, 4.69) is 5.32 Å². The zero-order chi connectivity index (χ0) is 21.0. The predicted molar refractivity (Wildman–Crippen MR) is 106 cm³/mol. The molecule has 2 aliphatic rings. The summed E-state index contributed by atoms with van der Waals surface area (Å²) in [5.41, 5.74) is 0.0614. The number of anilines is 1. The molecular formula is C19H28BF2NO4S. The Balaban J connectivity index is 1.92. The molecule has 1 aromatic carbocycles. The van der Waals surface area contributed by atoms with Crippen molar-refractivity contribution < 1.29 is 26.5 Å². The highest BCUT2D eigenvalue weighted by Gasteiger charge is 2.52. The summed E-state index contributed by atoms with van der Waals surface area (Å²) in [6.07, 6.45) is 1.54. The second-order valence-electron chi connectivity index (χ2n) is 8.88.